The van der Waals surface area contributed by atoms with E-state index in [2.05, 4.69) is 35.6 Å². The van der Waals surface area contributed by atoms with Gasteiger partial charge in [0, 0.05) is 24.0 Å². The van der Waals surface area contributed by atoms with Crippen molar-refractivity contribution in [2.45, 2.75) is 25.8 Å². The summed E-state index contributed by atoms with van der Waals surface area (Å²) in [7, 11) is 2.21. The van der Waals surface area contributed by atoms with Crippen LogP contribution in [0, 0.1) is 6.92 Å². The molecule has 1 N–H and O–H groups in total. The van der Waals surface area contributed by atoms with Crippen molar-refractivity contribution in [1.29, 1.82) is 0 Å². The number of hydrogen-bond donors (Lipinski definition) is 1. The molecule has 0 bridgehead atoms. The summed E-state index contributed by atoms with van der Waals surface area (Å²) in [5.41, 5.74) is 1.44. The zero-order chi connectivity index (χ0) is 12.8. The maximum atomic E-state index is 5.47. The summed E-state index contributed by atoms with van der Waals surface area (Å²) < 4.78 is 5.47. The predicted octanol–water partition coefficient (Wildman–Crippen LogP) is 1.91. The number of aryl methyl sites for hydroxylation is 1. The van der Waals surface area contributed by atoms with Gasteiger partial charge in [-0.05, 0) is 50.4 Å². The lowest BCUT2D eigenvalue weighted by Gasteiger charge is -2.26. The van der Waals surface area contributed by atoms with Crippen molar-refractivity contribution in [3.63, 3.8) is 0 Å². The van der Waals surface area contributed by atoms with Crippen molar-refractivity contribution in [1.82, 2.24) is 10.2 Å². The molecule has 0 amide bonds. The standard InChI is InChI=1S/C14H24N2OS/c1-12-5-10-18-14(12)4-8-16(2)7-3-13-11-17-9-6-15-13/h5,10,13,15H,3-4,6-9,11H2,1-2H3. The number of morpholine rings is 1. The number of nitrogens with one attached hydrogen (secondary N) is 1. The summed E-state index contributed by atoms with van der Waals surface area (Å²) in [4.78, 5) is 3.95. The molecule has 1 aromatic heterocycles. The number of rotatable bonds is 6. The summed E-state index contributed by atoms with van der Waals surface area (Å²) in [6, 6.07) is 2.76. The Hall–Kier alpha value is -0.420. The molecule has 0 aliphatic carbocycles. The van der Waals surface area contributed by atoms with E-state index in [4.69, 9.17) is 4.74 Å². The highest BCUT2D eigenvalue weighted by molar-refractivity contribution is 7.10. The Balaban J connectivity index is 1.62. The van der Waals surface area contributed by atoms with Crippen LogP contribution in [0.5, 0.6) is 0 Å². The van der Waals surface area contributed by atoms with Crippen LogP contribution in [0.4, 0.5) is 0 Å². The molecular formula is C14H24N2OS. The lowest BCUT2D eigenvalue weighted by atomic mass is 10.2. The van der Waals surface area contributed by atoms with E-state index < -0.39 is 0 Å². The topological polar surface area (TPSA) is 24.5 Å². The van der Waals surface area contributed by atoms with Gasteiger partial charge in [0.25, 0.3) is 0 Å². The Morgan fingerprint density at radius 1 is 1.50 bits per heavy atom. The van der Waals surface area contributed by atoms with Crippen LogP contribution in [0.15, 0.2) is 11.4 Å². The Morgan fingerprint density at radius 3 is 3.06 bits per heavy atom. The maximum absolute atomic E-state index is 5.47. The first kappa shape index (κ1) is 14.0. The smallest absolute Gasteiger partial charge is 0.0620 e. The fourth-order valence-corrected chi connectivity index (χ4v) is 3.15. The third-order valence-corrected chi connectivity index (χ3v) is 4.63. The summed E-state index contributed by atoms with van der Waals surface area (Å²) in [6.45, 7) is 7.24. The first-order chi connectivity index (χ1) is 8.75. The van der Waals surface area contributed by atoms with Gasteiger partial charge in [0.05, 0.1) is 13.2 Å². The second-order valence-electron chi connectivity index (χ2n) is 5.09. The van der Waals surface area contributed by atoms with Crippen LogP contribution in [-0.4, -0.2) is 50.8 Å². The average molecular weight is 268 g/mol. The fraction of sp³-hybridized carbons (Fsp3) is 0.714. The molecule has 1 aromatic rings. The molecule has 1 atom stereocenters. The molecule has 4 heteroatoms. The van der Waals surface area contributed by atoms with E-state index in [-0.39, 0.29) is 0 Å². The molecule has 102 valence electrons. The van der Waals surface area contributed by atoms with Crippen LogP contribution in [-0.2, 0) is 11.2 Å². The molecule has 0 radical (unpaired) electrons. The second-order valence-corrected chi connectivity index (χ2v) is 6.10. The van der Waals surface area contributed by atoms with Crippen molar-refractivity contribution >= 4 is 11.3 Å². The first-order valence-corrected chi connectivity index (χ1v) is 7.66. The molecule has 2 heterocycles. The van der Waals surface area contributed by atoms with Crippen LogP contribution < -0.4 is 5.32 Å². The third kappa shape index (κ3) is 4.35. The van der Waals surface area contributed by atoms with Gasteiger partial charge in [0.15, 0.2) is 0 Å². The zero-order valence-corrected chi connectivity index (χ0v) is 12.3. The monoisotopic (exact) mass is 268 g/mol. The molecule has 1 aliphatic heterocycles. The Morgan fingerprint density at radius 2 is 2.39 bits per heavy atom. The molecule has 3 nitrogen and oxygen atoms in total. The molecule has 1 unspecified atom stereocenters. The minimum Gasteiger partial charge on any atom is -0.379 e. The summed E-state index contributed by atoms with van der Waals surface area (Å²) >= 11 is 1.88. The van der Waals surface area contributed by atoms with Gasteiger partial charge in [0.2, 0.25) is 0 Å². The third-order valence-electron chi connectivity index (χ3n) is 3.55. The molecule has 1 fully saturated rings. The van der Waals surface area contributed by atoms with E-state index in [9.17, 15) is 0 Å². The highest BCUT2D eigenvalue weighted by Gasteiger charge is 2.13. The first-order valence-electron chi connectivity index (χ1n) is 6.78. The van der Waals surface area contributed by atoms with Crippen molar-refractivity contribution in [2.75, 3.05) is 39.9 Å². The van der Waals surface area contributed by atoms with E-state index in [0.717, 1.165) is 32.8 Å². The number of likely N-dealkylation sites (N-methyl/N-ethyl adjacent to an activating group) is 1. The minimum atomic E-state index is 0.546. The van der Waals surface area contributed by atoms with Crippen LogP contribution >= 0.6 is 11.3 Å². The highest BCUT2D eigenvalue weighted by atomic mass is 32.1. The molecule has 0 spiro atoms. The van der Waals surface area contributed by atoms with Gasteiger partial charge >= 0.3 is 0 Å². The lowest BCUT2D eigenvalue weighted by Crippen LogP contribution is -2.43. The van der Waals surface area contributed by atoms with E-state index >= 15 is 0 Å². The SMILES string of the molecule is Cc1ccsc1CCN(C)CCC1COCCN1. The van der Waals surface area contributed by atoms with E-state index in [1.807, 2.05) is 11.3 Å². The summed E-state index contributed by atoms with van der Waals surface area (Å²) in [6.07, 6.45) is 2.36. The number of hydrogen-bond acceptors (Lipinski definition) is 4. The van der Waals surface area contributed by atoms with Crippen LogP contribution in [0.3, 0.4) is 0 Å². The molecule has 0 aromatic carbocycles. The molecule has 2 rings (SSSR count). The van der Waals surface area contributed by atoms with Crippen LogP contribution in [0.1, 0.15) is 16.9 Å². The summed E-state index contributed by atoms with van der Waals surface area (Å²) in [5.74, 6) is 0. The number of ether oxygens (including phenoxy) is 1. The Bertz CT molecular complexity index is 347. The molecule has 1 aliphatic rings. The molecule has 18 heavy (non-hydrogen) atoms. The van der Waals surface area contributed by atoms with Gasteiger partial charge in [-0.25, -0.2) is 0 Å². The van der Waals surface area contributed by atoms with Crippen LogP contribution in [0.25, 0.3) is 0 Å². The van der Waals surface area contributed by atoms with Crippen LogP contribution in [0.2, 0.25) is 0 Å². The quantitative estimate of drug-likeness (QED) is 0.853. The van der Waals surface area contributed by atoms with Gasteiger partial charge in [-0.2, -0.15) is 0 Å². The normalized spacial score (nSPS) is 20.5. The van der Waals surface area contributed by atoms with E-state index in [1.165, 1.54) is 23.3 Å². The van der Waals surface area contributed by atoms with Gasteiger partial charge in [-0.3, -0.25) is 0 Å². The van der Waals surface area contributed by atoms with Crippen molar-refractivity contribution in [3.8, 4) is 0 Å². The van der Waals surface area contributed by atoms with E-state index in [0.29, 0.717) is 6.04 Å². The molecule has 1 saturated heterocycles. The Labute approximate surface area is 114 Å². The van der Waals surface area contributed by atoms with Gasteiger partial charge in [0.1, 0.15) is 0 Å². The molecular weight excluding hydrogens is 244 g/mol. The number of thiophene rings is 1. The van der Waals surface area contributed by atoms with Crippen molar-refractivity contribution in [2.24, 2.45) is 0 Å². The highest BCUT2D eigenvalue weighted by Crippen LogP contribution is 2.16. The predicted molar refractivity (Wildman–Crippen MR) is 77.5 cm³/mol. The minimum absolute atomic E-state index is 0.546. The molecule has 0 saturated carbocycles. The second kappa shape index (κ2) is 7.24. The van der Waals surface area contributed by atoms with Gasteiger partial charge in [-0.1, -0.05) is 0 Å². The number of nitrogens with zero attached hydrogens (tertiary/aromatic N) is 1. The van der Waals surface area contributed by atoms with Gasteiger partial charge in [-0.15, -0.1) is 11.3 Å². The van der Waals surface area contributed by atoms with Crippen molar-refractivity contribution < 1.29 is 4.74 Å². The van der Waals surface area contributed by atoms with Gasteiger partial charge < -0.3 is 15.0 Å². The zero-order valence-electron chi connectivity index (χ0n) is 11.4. The van der Waals surface area contributed by atoms with Crippen molar-refractivity contribution in [3.05, 3.63) is 21.9 Å². The average Bonchev–Trinajstić information content (AvgIpc) is 2.81. The fourth-order valence-electron chi connectivity index (χ4n) is 2.25. The van der Waals surface area contributed by atoms with E-state index in [1.54, 1.807) is 0 Å². The Kier molecular flexibility index (Phi) is 5.63. The lowest BCUT2D eigenvalue weighted by molar-refractivity contribution is 0.0711. The largest absolute Gasteiger partial charge is 0.379 e. The summed E-state index contributed by atoms with van der Waals surface area (Å²) in [5, 5.41) is 5.69. The maximum Gasteiger partial charge on any atom is 0.0620 e.